The predicted molar refractivity (Wildman–Crippen MR) is 68.8 cm³/mol. The second-order valence-corrected chi connectivity index (χ2v) is 4.44. The van der Waals surface area contributed by atoms with Crippen molar-refractivity contribution in [2.24, 2.45) is 0 Å². The lowest BCUT2D eigenvalue weighted by Gasteiger charge is -2.14. The van der Waals surface area contributed by atoms with Crippen molar-refractivity contribution < 1.29 is 5.11 Å². The molecule has 0 aliphatic rings. The van der Waals surface area contributed by atoms with Gasteiger partial charge in [-0.05, 0) is 42.7 Å². The largest absolute Gasteiger partial charge is 0.388 e. The van der Waals surface area contributed by atoms with Crippen LogP contribution in [0.2, 0.25) is 0 Å². The summed E-state index contributed by atoms with van der Waals surface area (Å²) in [7, 11) is 0. The SMILES string of the molecule is Cc1ccc(C)c(C(O)Cc2ccncc2)c1. The number of pyridine rings is 1. The third-order valence-electron chi connectivity index (χ3n) is 2.97. The molecular formula is C15H17NO. The number of hydrogen-bond acceptors (Lipinski definition) is 2. The van der Waals surface area contributed by atoms with Crippen molar-refractivity contribution in [2.75, 3.05) is 0 Å². The summed E-state index contributed by atoms with van der Waals surface area (Å²) >= 11 is 0. The molecule has 1 aromatic heterocycles. The van der Waals surface area contributed by atoms with Crippen molar-refractivity contribution in [3.8, 4) is 0 Å². The van der Waals surface area contributed by atoms with Gasteiger partial charge in [-0.2, -0.15) is 0 Å². The summed E-state index contributed by atoms with van der Waals surface area (Å²) in [5.41, 5.74) is 4.44. The molecule has 0 radical (unpaired) electrons. The van der Waals surface area contributed by atoms with Crippen LogP contribution in [0.15, 0.2) is 42.7 Å². The van der Waals surface area contributed by atoms with Crippen molar-refractivity contribution in [1.82, 2.24) is 4.98 Å². The first kappa shape index (κ1) is 11.8. The molecule has 0 amide bonds. The smallest absolute Gasteiger partial charge is 0.0833 e. The van der Waals surface area contributed by atoms with Crippen LogP contribution in [-0.4, -0.2) is 10.1 Å². The lowest BCUT2D eigenvalue weighted by molar-refractivity contribution is 0.177. The summed E-state index contributed by atoms with van der Waals surface area (Å²) in [5, 5.41) is 10.3. The predicted octanol–water partition coefficient (Wildman–Crippen LogP) is 2.97. The first-order valence-electron chi connectivity index (χ1n) is 5.81. The average molecular weight is 227 g/mol. The monoisotopic (exact) mass is 227 g/mol. The molecule has 88 valence electrons. The topological polar surface area (TPSA) is 33.1 Å². The quantitative estimate of drug-likeness (QED) is 0.874. The van der Waals surface area contributed by atoms with Gasteiger partial charge in [-0.3, -0.25) is 4.98 Å². The van der Waals surface area contributed by atoms with E-state index in [4.69, 9.17) is 0 Å². The minimum atomic E-state index is -0.447. The van der Waals surface area contributed by atoms with Crippen molar-refractivity contribution in [3.05, 3.63) is 65.0 Å². The molecule has 0 fully saturated rings. The van der Waals surface area contributed by atoms with Gasteiger partial charge in [0.05, 0.1) is 6.10 Å². The van der Waals surface area contributed by atoms with Crippen molar-refractivity contribution in [2.45, 2.75) is 26.4 Å². The van der Waals surface area contributed by atoms with Crippen molar-refractivity contribution in [1.29, 1.82) is 0 Å². The molecule has 2 heteroatoms. The van der Waals surface area contributed by atoms with Crippen LogP contribution in [-0.2, 0) is 6.42 Å². The highest BCUT2D eigenvalue weighted by atomic mass is 16.3. The van der Waals surface area contributed by atoms with Gasteiger partial charge >= 0.3 is 0 Å². The molecule has 1 heterocycles. The second-order valence-electron chi connectivity index (χ2n) is 4.44. The minimum absolute atomic E-state index is 0.447. The van der Waals surface area contributed by atoms with E-state index in [-0.39, 0.29) is 0 Å². The summed E-state index contributed by atoms with van der Waals surface area (Å²) in [5.74, 6) is 0. The maximum Gasteiger partial charge on any atom is 0.0833 e. The molecule has 1 atom stereocenters. The summed E-state index contributed by atoms with van der Waals surface area (Å²) in [4.78, 5) is 3.98. The van der Waals surface area contributed by atoms with E-state index in [9.17, 15) is 5.11 Å². The number of aliphatic hydroxyl groups is 1. The van der Waals surface area contributed by atoms with Crippen LogP contribution < -0.4 is 0 Å². The van der Waals surface area contributed by atoms with Crippen LogP contribution in [0, 0.1) is 13.8 Å². The lowest BCUT2D eigenvalue weighted by Crippen LogP contribution is -2.04. The highest BCUT2D eigenvalue weighted by Gasteiger charge is 2.11. The number of nitrogens with zero attached hydrogens (tertiary/aromatic N) is 1. The maximum atomic E-state index is 10.3. The van der Waals surface area contributed by atoms with Gasteiger partial charge in [0.2, 0.25) is 0 Å². The van der Waals surface area contributed by atoms with Crippen LogP contribution >= 0.6 is 0 Å². The molecule has 0 aliphatic carbocycles. The molecule has 17 heavy (non-hydrogen) atoms. The standard InChI is InChI=1S/C15H17NO/c1-11-3-4-12(2)14(9-11)15(17)10-13-5-7-16-8-6-13/h3-9,15,17H,10H2,1-2H3. The molecule has 0 aliphatic heterocycles. The van der Waals surface area contributed by atoms with Crippen LogP contribution in [0.5, 0.6) is 0 Å². The second kappa shape index (κ2) is 5.11. The van der Waals surface area contributed by atoms with E-state index < -0.39 is 6.10 Å². The first-order chi connectivity index (χ1) is 8.16. The fourth-order valence-corrected chi connectivity index (χ4v) is 1.97. The van der Waals surface area contributed by atoms with E-state index in [0.717, 1.165) is 16.7 Å². The number of aryl methyl sites for hydroxylation is 2. The lowest BCUT2D eigenvalue weighted by atomic mass is 9.96. The zero-order valence-electron chi connectivity index (χ0n) is 10.2. The molecule has 2 rings (SSSR count). The van der Waals surface area contributed by atoms with Gasteiger partial charge < -0.3 is 5.11 Å². The highest BCUT2D eigenvalue weighted by molar-refractivity contribution is 5.33. The van der Waals surface area contributed by atoms with E-state index in [1.807, 2.05) is 26.0 Å². The van der Waals surface area contributed by atoms with Crippen molar-refractivity contribution in [3.63, 3.8) is 0 Å². The maximum absolute atomic E-state index is 10.3. The van der Waals surface area contributed by atoms with E-state index in [2.05, 4.69) is 23.2 Å². The molecule has 2 aromatic rings. The number of hydrogen-bond donors (Lipinski definition) is 1. The van der Waals surface area contributed by atoms with E-state index in [1.54, 1.807) is 12.4 Å². The van der Waals surface area contributed by atoms with Gasteiger partial charge in [-0.1, -0.05) is 23.8 Å². The third-order valence-corrected chi connectivity index (χ3v) is 2.97. The average Bonchev–Trinajstić information content (AvgIpc) is 2.33. The third kappa shape index (κ3) is 2.92. The fourth-order valence-electron chi connectivity index (χ4n) is 1.97. The normalized spacial score (nSPS) is 12.4. The number of benzene rings is 1. The van der Waals surface area contributed by atoms with Gasteiger partial charge in [-0.15, -0.1) is 0 Å². The summed E-state index contributed by atoms with van der Waals surface area (Å²) in [6.07, 6.45) is 3.70. The number of aromatic nitrogens is 1. The van der Waals surface area contributed by atoms with Gasteiger partial charge in [0, 0.05) is 18.8 Å². The number of rotatable bonds is 3. The van der Waals surface area contributed by atoms with Crippen LogP contribution in [0.25, 0.3) is 0 Å². The molecule has 0 spiro atoms. The zero-order valence-corrected chi connectivity index (χ0v) is 10.2. The summed E-state index contributed by atoms with van der Waals surface area (Å²) < 4.78 is 0. The first-order valence-corrected chi connectivity index (χ1v) is 5.81. The van der Waals surface area contributed by atoms with E-state index in [0.29, 0.717) is 6.42 Å². The van der Waals surface area contributed by atoms with Gasteiger partial charge in [0.1, 0.15) is 0 Å². The van der Waals surface area contributed by atoms with Crippen molar-refractivity contribution >= 4 is 0 Å². The Kier molecular flexibility index (Phi) is 3.55. The summed E-state index contributed by atoms with van der Waals surface area (Å²) in [6, 6.07) is 10.1. The van der Waals surface area contributed by atoms with E-state index >= 15 is 0 Å². The zero-order chi connectivity index (χ0) is 12.3. The Morgan fingerprint density at radius 3 is 2.53 bits per heavy atom. The molecule has 1 unspecified atom stereocenters. The van der Waals surface area contributed by atoms with Gasteiger partial charge in [0.15, 0.2) is 0 Å². The van der Waals surface area contributed by atoms with Crippen LogP contribution in [0.4, 0.5) is 0 Å². The highest BCUT2D eigenvalue weighted by Crippen LogP contribution is 2.22. The molecular weight excluding hydrogens is 210 g/mol. The Labute approximate surface area is 102 Å². The summed E-state index contributed by atoms with van der Waals surface area (Å²) in [6.45, 7) is 4.08. The molecule has 0 bridgehead atoms. The number of aliphatic hydroxyl groups excluding tert-OH is 1. The Morgan fingerprint density at radius 2 is 1.82 bits per heavy atom. The Morgan fingerprint density at radius 1 is 1.12 bits per heavy atom. The van der Waals surface area contributed by atoms with Crippen LogP contribution in [0.1, 0.15) is 28.4 Å². The molecule has 0 saturated heterocycles. The Hall–Kier alpha value is -1.67. The Bertz CT molecular complexity index is 494. The van der Waals surface area contributed by atoms with Gasteiger partial charge in [0.25, 0.3) is 0 Å². The van der Waals surface area contributed by atoms with Crippen LogP contribution in [0.3, 0.4) is 0 Å². The fraction of sp³-hybridized carbons (Fsp3) is 0.267. The minimum Gasteiger partial charge on any atom is -0.388 e. The van der Waals surface area contributed by atoms with E-state index in [1.165, 1.54) is 5.56 Å². The molecule has 1 aromatic carbocycles. The van der Waals surface area contributed by atoms with Gasteiger partial charge in [-0.25, -0.2) is 0 Å². The molecule has 0 saturated carbocycles. The molecule has 1 N–H and O–H groups in total. The Balaban J connectivity index is 2.20. The molecule has 2 nitrogen and oxygen atoms in total.